The van der Waals surface area contributed by atoms with E-state index in [0.717, 1.165) is 16.5 Å². The molecule has 1 aromatic carbocycles. The third-order valence-corrected chi connectivity index (χ3v) is 4.62. The smallest absolute Gasteiger partial charge is 0.203 e. The number of hydrogen-bond donors (Lipinski definition) is 1. The number of halogens is 1. The SMILES string of the molecule is Cc1nsc(NC(c2cccc(F)c2)C2CCCC2)n1. The minimum Gasteiger partial charge on any atom is -0.353 e. The second kappa shape index (κ2) is 5.87. The van der Waals surface area contributed by atoms with Crippen molar-refractivity contribution in [1.82, 2.24) is 9.36 Å². The quantitative estimate of drug-likeness (QED) is 0.911. The standard InChI is InChI=1S/C15H18FN3S/c1-10-17-15(20-19-10)18-14(11-5-2-3-6-11)12-7-4-8-13(16)9-12/h4,7-9,11,14H,2-3,5-6H2,1H3,(H,17,18,19). The van der Waals surface area contributed by atoms with Crippen LogP contribution >= 0.6 is 11.5 Å². The number of benzene rings is 1. The van der Waals surface area contributed by atoms with Gasteiger partial charge in [-0.15, -0.1) is 0 Å². The summed E-state index contributed by atoms with van der Waals surface area (Å²) in [7, 11) is 0. The molecular weight excluding hydrogens is 273 g/mol. The van der Waals surface area contributed by atoms with Gasteiger partial charge in [0.1, 0.15) is 11.6 Å². The van der Waals surface area contributed by atoms with Gasteiger partial charge in [-0.25, -0.2) is 9.37 Å². The van der Waals surface area contributed by atoms with Crippen molar-refractivity contribution in [2.75, 3.05) is 5.32 Å². The molecule has 1 saturated carbocycles. The average Bonchev–Trinajstić information content (AvgIpc) is 3.07. The number of aromatic nitrogens is 2. The van der Waals surface area contributed by atoms with Gasteiger partial charge in [-0.05, 0) is 43.4 Å². The van der Waals surface area contributed by atoms with Gasteiger partial charge in [-0.1, -0.05) is 25.0 Å². The Morgan fingerprint density at radius 1 is 1.35 bits per heavy atom. The van der Waals surface area contributed by atoms with E-state index in [9.17, 15) is 4.39 Å². The Morgan fingerprint density at radius 2 is 2.15 bits per heavy atom. The molecule has 1 N–H and O–H groups in total. The molecule has 1 aromatic heterocycles. The highest BCUT2D eigenvalue weighted by Gasteiger charge is 2.27. The summed E-state index contributed by atoms with van der Waals surface area (Å²) in [6.45, 7) is 1.88. The average molecular weight is 291 g/mol. The fourth-order valence-electron chi connectivity index (χ4n) is 2.95. The van der Waals surface area contributed by atoms with Crippen molar-refractivity contribution in [3.8, 4) is 0 Å². The maximum absolute atomic E-state index is 13.5. The first-order valence-corrected chi connectivity index (χ1v) is 7.82. The van der Waals surface area contributed by atoms with E-state index < -0.39 is 0 Å². The van der Waals surface area contributed by atoms with Crippen molar-refractivity contribution < 1.29 is 4.39 Å². The van der Waals surface area contributed by atoms with Crippen LogP contribution in [0, 0.1) is 18.7 Å². The molecule has 5 heteroatoms. The molecule has 0 spiro atoms. The first-order valence-electron chi connectivity index (χ1n) is 7.05. The van der Waals surface area contributed by atoms with Gasteiger partial charge in [-0.2, -0.15) is 4.37 Å². The lowest BCUT2D eigenvalue weighted by molar-refractivity contribution is 0.468. The van der Waals surface area contributed by atoms with Gasteiger partial charge in [0, 0.05) is 11.5 Å². The molecule has 1 fully saturated rings. The van der Waals surface area contributed by atoms with Gasteiger partial charge in [0.2, 0.25) is 5.13 Å². The Hall–Kier alpha value is -1.49. The molecule has 0 amide bonds. The summed E-state index contributed by atoms with van der Waals surface area (Å²) >= 11 is 1.37. The van der Waals surface area contributed by atoms with Crippen molar-refractivity contribution in [1.29, 1.82) is 0 Å². The lowest BCUT2D eigenvalue weighted by Crippen LogP contribution is -2.19. The van der Waals surface area contributed by atoms with Gasteiger partial charge in [0.25, 0.3) is 0 Å². The van der Waals surface area contributed by atoms with Gasteiger partial charge >= 0.3 is 0 Å². The van der Waals surface area contributed by atoms with E-state index in [-0.39, 0.29) is 11.9 Å². The molecule has 20 heavy (non-hydrogen) atoms. The third-order valence-electron chi connectivity index (χ3n) is 3.89. The summed E-state index contributed by atoms with van der Waals surface area (Å²) < 4.78 is 17.7. The maximum atomic E-state index is 13.5. The second-order valence-electron chi connectivity index (χ2n) is 5.37. The van der Waals surface area contributed by atoms with Crippen LogP contribution in [0.3, 0.4) is 0 Å². The van der Waals surface area contributed by atoms with Crippen LogP contribution < -0.4 is 5.32 Å². The van der Waals surface area contributed by atoms with E-state index in [0.29, 0.717) is 5.92 Å². The number of nitrogens with zero attached hydrogens (tertiary/aromatic N) is 2. The Labute approximate surface area is 122 Å². The summed E-state index contributed by atoms with van der Waals surface area (Å²) in [4.78, 5) is 4.37. The van der Waals surface area contributed by atoms with Crippen molar-refractivity contribution in [3.05, 3.63) is 41.5 Å². The number of nitrogens with one attached hydrogen (secondary N) is 1. The molecule has 2 aromatic rings. The van der Waals surface area contributed by atoms with E-state index >= 15 is 0 Å². The predicted octanol–water partition coefficient (Wildman–Crippen LogP) is 4.33. The topological polar surface area (TPSA) is 37.8 Å². The zero-order chi connectivity index (χ0) is 13.9. The Bertz CT molecular complexity index is 578. The maximum Gasteiger partial charge on any atom is 0.203 e. The number of rotatable bonds is 4. The summed E-state index contributed by atoms with van der Waals surface area (Å²) in [6, 6.07) is 7.02. The molecule has 0 saturated heterocycles. The Morgan fingerprint density at radius 3 is 2.80 bits per heavy atom. The van der Waals surface area contributed by atoms with Crippen molar-refractivity contribution in [3.63, 3.8) is 0 Å². The molecule has 0 radical (unpaired) electrons. The van der Waals surface area contributed by atoms with Crippen LogP contribution in [0.4, 0.5) is 9.52 Å². The molecule has 106 valence electrons. The molecule has 1 heterocycles. The lowest BCUT2D eigenvalue weighted by atomic mass is 9.92. The van der Waals surface area contributed by atoms with Crippen LogP contribution in [0.15, 0.2) is 24.3 Å². The predicted molar refractivity (Wildman–Crippen MR) is 79.4 cm³/mol. The third kappa shape index (κ3) is 2.98. The van der Waals surface area contributed by atoms with Crippen molar-refractivity contribution >= 4 is 16.7 Å². The van der Waals surface area contributed by atoms with Crippen LogP contribution in [-0.4, -0.2) is 9.36 Å². The molecule has 1 aliphatic rings. The number of anilines is 1. The minimum absolute atomic E-state index is 0.126. The first kappa shape index (κ1) is 13.5. The highest BCUT2D eigenvalue weighted by molar-refractivity contribution is 7.09. The number of aryl methyl sites for hydroxylation is 1. The summed E-state index contributed by atoms with van der Waals surface area (Å²) in [5.41, 5.74) is 1.00. The second-order valence-corrected chi connectivity index (χ2v) is 6.12. The molecule has 3 nitrogen and oxygen atoms in total. The van der Waals surface area contributed by atoms with Gasteiger partial charge in [-0.3, -0.25) is 0 Å². The van der Waals surface area contributed by atoms with Crippen molar-refractivity contribution in [2.45, 2.75) is 38.6 Å². The van der Waals surface area contributed by atoms with Crippen LogP contribution in [0.25, 0.3) is 0 Å². The largest absolute Gasteiger partial charge is 0.353 e. The fourth-order valence-corrected chi connectivity index (χ4v) is 3.56. The van der Waals surface area contributed by atoms with E-state index in [4.69, 9.17) is 0 Å². The minimum atomic E-state index is -0.180. The molecule has 0 aliphatic heterocycles. The highest BCUT2D eigenvalue weighted by Crippen LogP contribution is 2.38. The van der Waals surface area contributed by atoms with E-state index in [1.54, 1.807) is 12.1 Å². The summed E-state index contributed by atoms with van der Waals surface area (Å²) in [5.74, 6) is 1.14. The molecular formula is C15H18FN3S. The van der Waals surface area contributed by atoms with Gasteiger partial charge in [0.05, 0.1) is 6.04 Å². The highest BCUT2D eigenvalue weighted by atomic mass is 32.1. The molecule has 1 atom stereocenters. The molecule has 1 aliphatic carbocycles. The lowest BCUT2D eigenvalue weighted by Gasteiger charge is -2.24. The molecule has 3 rings (SSSR count). The fraction of sp³-hybridized carbons (Fsp3) is 0.467. The first-order chi connectivity index (χ1) is 9.72. The monoisotopic (exact) mass is 291 g/mol. The number of hydrogen-bond acceptors (Lipinski definition) is 4. The van der Waals surface area contributed by atoms with Crippen LogP contribution in [-0.2, 0) is 0 Å². The Balaban J connectivity index is 1.87. The Kier molecular flexibility index (Phi) is 3.96. The van der Waals surface area contributed by atoms with E-state index in [1.165, 1.54) is 43.3 Å². The van der Waals surface area contributed by atoms with Gasteiger partial charge < -0.3 is 5.32 Å². The zero-order valence-electron chi connectivity index (χ0n) is 11.5. The van der Waals surface area contributed by atoms with Crippen molar-refractivity contribution in [2.24, 2.45) is 5.92 Å². The summed E-state index contributed by atoms with van der Waals surface area (Å²) in [5, 5.41) is 4.29. The van der Waals surface area contributed by atoms with E-state index in [2.05, 4.69) is 14.7 Å². The van der Waals surface area contributed by atoms with Crippen LogP contribution in [0.5, 0.6) is 0 Å². The van der Waals surface area contributed by atoms with Gasteiger partial charge in [0.15, 0.2) is 0 Å². The van der Waals surface area contributed by atoms with E-state index in [1.807, 2.05) is 13.0 Å². The summed E-state index contributed by atoms with van der Waals surface area (Å²) in [6.07, 6.45) is 4.89. The van der Waals surface area contributed by atoms with Crippen LogP contribution in [0.1, 0.15) is 43.1 Å². The molecule has 0 bridgehead atoms. The molecule has 1 unspecified atom stereocenters. The van der Waals surface area contributed by atoms with Crippen LogP contribution in [0.2, 0.25) is 0 Å². The normalized spacial score (nSPS) is 17.3. The zero-order valence-corrected chi connectivity index (χ0v) is 12.3.